The molecule has 8 unspecified atom stereocenters. The van der Waals surface area contributed by atoms with Crippen LogP contribution in [0, 0.1) is 0 Å². The fourth-order valence-corrected chi connectivity index (χ4v) is 8.36. The number of aliphatic hydroxyl groups is 5. The first kappa shape index (κ1) is 65.1. The molecule has 6 N–H and O–H groups in total. The molecule has 0 radical (unpaired) electrons. The van der Waals surface area contributed by atoms with E-state index in [0.717, 1.165) is 103 Å². The van der Waals surface area contributed by atoms with Crippen LogP contribution in [-0.4, -0.2) is 99.6 Å². The second kappa shape index (κ2) is 47.1. The Kier molecular flexibility index (Phi) is 43.8. The van der Waals surface area contributed by atoms with E-state index < -0.39 is 67.4 Å². The van der Waals surface area contributed by atoms with Gasteiger partial charge >= 0.3 is 5.97 Å². The van der Waals surface area contributed by atoms with Crippen LogP contribution in [0.3, 0.4) is 0 Å². The summed E-state index contributed by atoms with van der Waals surface area (Å²) in [4.78, 5) is 26.4. The number of unbranched alkanes of at least 4 members (excludes halogenated alkanes) is 23. The van der Waals surface area contributed by atoms with E-state index in [4.69, 9.17) is 14.2 Å². The number of aliphatic hydroxyl groups excluding tert-OH is 5. The molecule has 404 valence electrons. The smallest absolute Gasteiger partial charge is 0.306 e. The predicted molar refractivity (Wildman–Crippen MR) is 287 cm³/mol. The summed E-state index contributed by atoms with van der Waals surface area (Å²) < 4.78 is 17.5. The minimum atomic E-state index is -1.63. The highest BCUT2D eigenvalue weighted by Crippen LogP contribution is 2.26. The van der Waals surface area contributed by atoms with E-state index in [1.165, 1.54) is 77.0 Å². The van der Waals surface area contributed by atoms with Crippen molar-refractivity contribution < 1.29 is 49.3 Å². The van der Waals surface area contributed by atoms with E-state index >= 15 is 0 Å². The van der Waals surface area contributed by atoms with E-state index in [-0.39, 0.29) is 19.4 Å². The summed E-state index contributed by atoms with van der Waals surface area (Å²) in [5.41, 5.74) is 0. The van der Waals surface area contributed by atoms with Gasteiger partial charge in [0.25, 0.3) is 0 Å². The lowest BCUT2D eigenvalue weighted by molar-refractivity contribution is -0.305. The number of hydrogen-bond acceptors (Lipinski definition) is 10. The molecule has 0 bridgehead atoms. The third-order valence-corrected chi connectivity index (χ3v) is 12.9. The third kappa shape index (κ3) is 35.3. The highest BCUT2D eigenvalue weighted by Gasteiger charge is 2.47. The third-order valence-electron chi connectivity index (χ3n) is 12.9. The monoisotopic (exact) mass is 986 g/mol. The molecule has 1 heterocycles. The van der Waals surface area contributed by atoms with Gasteiger partial charge in [-0.05, 0) is 83.5 Å². The Hall–Kier alpha value is -2.90. The Morgan fingerprint density at radius 2 is 1.07 bits per heavy atom. The molecule has 0 aliphatic carbocycles. The van der Waals surface area contributed by atoms with Gasteiger partial charge in [0.15, 0.2) is 12.4 Å². The minimum absolute atomic E-state index is 0.0935. The fourth-order valence-electron chi connectivity index (χ4n) is 8.36. The minimum Gasteiger partial charge on any atom is -0.454 e. The summed E-state index contributed by atoms with van der Waals surface area (Å²) in [6, 6.07) is -1.04. The zero-order valence-electron chi connectivity index (χ0n) is 44.4. The maximum atomic E-state index is 13.4. The lowest BCUT2D eigenvalue weighted by Gasteiger charge is -2.41. The van der Waals surface area contributed by atoms with Gasteiger partial charge in [-0.15, -0.1) is 0 Å². The van der Waals surface area contributed by atoms with Gasteiger partial charge in [0.05, 0.1) is 25.4 Å². The van der Waals surface area contributed by atoms with Crippen molar-refractivity contribution >= 4 is 11.9 Å². The van der Waals surface area contributed by atoms with Crippen molar-refractivity contribution in [2.24, 2.45) is 0 Å². The van der Waals surface area contributed by atoms with E-state index in [1.54, 1.807) is 6.08 Å². The zero-order valence-corrected chi connectivity index (χ0v) is 44.4. The van der Waals surface area contributed by atoms with Gasteiger partial charge in [0.2, 0.25) is 5.91 Å². The second-order valence-corrected chi connectivity index (χ2v) is 19.3. The molecule has 0 saturated carbocycles. The van der Waals surface area contributed by atoms with Crippen LogP contribution in [-0.2, 0) is 23.8 Å². The van der Waals surface area contributed by atoms with Gasteiger partial charge in [0, 0.05) is 6.42 Å². The quantitative estimate of drug-likeness (QED) is 0.0149. The average Bonchev–Trinajstić information content (AvgIpc) is 3.36. The van der Waals surface area contributed by atoms with Crippen molar-refractivity contribution in [3.8, 4) is 0 Å². The largest absolute Gasteiger partial charge is 0.454 e. The number of carbonyl (C=O) groups excluding carboxylic acids is 2. The predicted octanol–water partition coefficient (Wildman–Crippen LogP) is 12.4. The normalized spacial score (nSPS) is 20.3. The Labute approximate surface area is 426 Å². The molecule has 0 aromatic rings. The summed E-state index contributed by atoms with van der Waals surface area (Å²) in [6.45, 7) is 5.60. The lowest BCUT2D eigenvalue weighted by Crippen LogP contribution is -2.61. The molecule has 11 nitrogen and oxygen atoms in total. The zero-order chi connectivity index (χ0) is 51.1. The SMILES string of the molecule is CC/C=C/C/C=C/C/C=C/CCCCCCC(=O)OC1C(OCC(NC(=O)C(O)CCCCCCC/C=C/C=C/CCCCC)C(O)/C=C/CCCCCCCCCCCCC)OC(CO)C(O)C1O. The summed E-state index contributed by atoms with van der Waals surface area (Å²) in [5, 5.41) is 56.8. The fraction of sp³-hybridized carbons (Fsp3) is 0.763. The summed E-state index contributed by atoms with van der Waals surface area (Å²) >= 11 is 0. The van der Waals surface area contributed by atoms with Gasteiger partial charge in [0.1, 0.15) is 24.4 Å². The number of hydrogen-bond donors (Lipinski definition) is 6. The molecule has 70 heavy (non-hydrogen) atoms. The Morgan fingerprint density at radius 1 is 0.586 bits per heavy atom. The molecule has 1 aliphatic heterocycles. The Balaban J connectivity index is 2.78. The molecule has 1 fully saturated rings. The number of esters is 1. The number of nitrogens with one attached hydrogen (secondary N) is 1. The molecule has 1 saturated heterocycles. The molecule has 1 rings (SSSR count). The molecular formula is C59H103NO10. The van der Waals surface area contributed by atoms with Crippen LogP contribution < -0.4 is 5.32 Å². The number of allylic oxidation sites excluding steroid dienone is 11. The second-order valence-electron chi connectivity index (χ2n) is 19.3. The lowest BCUT2D eigenvalue weighted by atomic mass is 9.99. The van der Waals surface area contributed by atoms with Crippen molar-refractivity contribution in [1.29, 1.82) is 0 Å². The maximum Gasteiger partial charge on any atom is 0.306 e. The average molecular weight is 986 g/mol. The van der Waals surface area contributed by atoms with Crippen LogP contribution in [0.1, 0.15) is 226 Å². The maximum absolute atomic E-state index is 13.4. The topological polar surface area (TPSA) is 175 Å². The van der Waals surface area contributed by atoms with Crippen LogP contribution in [0.25, 0.3) is 0 Å². The van der Waals surface area contributed by atoms with E-state index in [9.17, 15) is 35.1 Å². The van der Waals surface area contributed by atoms with Gasteiger partial charge in [-0.1, -0.05) is 209 Å². The van der Waals surface area contributed by atoms with Crippen molar-refractivity contribution in [1.82, 2.24) is 5.32 Å². The van der Waals surface area contributed by atoms with Crippen LogP contribution in [0.2, 0.25) is 0 Å². The standard InChI is InChI=1S/C59H103NO10/c1-4-7-10-13-16-19-22-25-28-31-34-37-40-43-46-52(63)58(67)60-50(51(62)45-42-39-36-33-30-27-24-21-18-15-12-9-6-3)49-68-59-57(56(66)55(65)53(48-61)69-59)70-54(64)47-44-41-38-35-32-29-26-23-20-17-14-11-8-5-2/h8,11,16-17,19-20,22,25-26,29,42,45,50-53,55-57,59,61-63,65-66H,4-7,9-10,12-15,18,21,23-24,27-28,30-41,43-44,46-49H2,1-3H3,(H,60,67)/b11-8+,19-16+,20-17+,25-22+,29-26+,45-42+. The molecule has 1 amide bonds. The van der Waals surface area contributed by atoms with Crippen LogP contribution in [0.15, 0.2) is 72.9 Å². The van der Waals surface area contributed by atoms with Gasteiger partial charge in [-0.2, -0.15) is 0 Å². The number of ether oxygens (including phenoxy) is 3. The van der Waals surface area contributed by atoms with Gasteiger partial charge in [-0.25, -0.2) is 0 Å². The number of carbonyl (C=O) groups is 2. The van der Waals surface area contributed by atoms with Crippen molar-refractivity contribution in [2.75, 3.05) is 13.2 Å². The van der Waals surface area contributed by atoms with E-state index in [2.05, 4.69) is 86.8 Å². The van der Waals surface area contributed by atoms with Crippen LogP contribution >= 0.6 is 0 Å². The van der Waals surface area contributed by atoms with Crippen molar-refractivity contribution in [3.63, 3.8) is 0 Å². The first-order valence-electron chi connectivity index (χ1n) is 28.2. The first-order chi connectivity index (χ1) is 34.2. The summed E-state index contributed by atoms with van der Waals surface area (Å²) in [6.07, 6.45) is 48.0. The Morgan fingerprint density at radius 3 is 1.66 bits per heavy atom. The molecule has 0 aromatic heterocycles. The summed E-state index contributed by atoms with van der Waals surface area (Å²) in [7, 11) is 0. The number of rotatable bonds is 46. The molecule has 8 atom stereocenters. The van der Waals surface area contributed by atoms with Gasteiger partial charge < -0.3 is 45.1 Å². The highest BCUT2D eigenvalue weighted by atomic mass is 16.7. The highest BCUT2D eigenvalue weighted by molar-refractivity contribution is 5.80. The van der Waals surface area contributed by atoms with Crippen molar-refractivity contribution in [3.05, 3.63) is 72.9 Å². The van der Waals surface area contributed by atoms with Gasteiger partial charge in [-0.3, -0.25) is 9.59 Å². The van der Waals surface area contributed by atoms with Crippen LogP contribution in [0.4, 0.5) is 0 Å². The van der Waals surface area contributed by atoms with E-state index in [1.807, 2.05) is 6.08 Å². The Bertz CT molecular complexity index is 1410. The first-order valence-corrected chi connectivity index (χ1v) is 28.2. The van der Waals surface area contributed by atoms with Crippen molar-refractivity contribution in [2.45, 2.75) is 275 Å². The van der Waals surface area contributed by atoms with Crippen LogP contribution in [0.5, 0.6) is 0 Å². The molecule has 11 heteroatoms. The molecular weight excluding hydrogens is 883 g/mol. The molecule has 0 spiro atoms. The van der Waals surface area contributed by atoms with E-state index in [0.29, 0.717) is 12.8 Å². The number of amides is 1. The molecule has 1 aliphatic rings. The summed E-state index contributed by atoms with van der Waals surface area (Å²) in [5.74, 6) is -1.23. The molecule has 0 aromatic carbocycles.